The first-order chi connectivity index (χ1) is 12.2. The molecule has 1 aliphatic carbocycles. The van der Waals surface area contributed by atoms with Gasteiger partial charge in [0.1, 0.15) is 5.76 Å². The van der Waals surface area contributed by atoms with Gasteiger partial charge in [-0.25, -0.2) is 0 Å². The number of fused-ring (bicyclic) bond motifs is 1. The number of likely N-dealkylation sites (tertiary alicyclic amines) is 1. The van der Waals surface area contributed by atoms with Gasteiger partial charge in [-0.2, -0.15) is 0 Å². The second-order valence-electron chi connectivity index (χ2n) is 6.77. The largest absolute Gasteiger partial charge is 0.360 e. The molecule has 0 unspecified atom stereocenters. The van der Waals surface area contributed by atoms with Crippen LogP contribution in [0, 0.1) is 0 Å². The van der Waals surface area contributed by atoms with Crippen molar-refractivity contribution in [3.8, 4) is 0 Å². The Bertz CT molecular complexity index is 784. The molecule has 0 bridgehead atoms. The van der Waals surface area contributed by atoms with Gasteiger partial charge < -0.3 is 14.7 Å². The molecule has 1 saturated heterocycles. The monoisotopic (exact) mass is 339 g/mol. The summed E-state index contributed by atoms with van der Waals surface area (Å²) in [6.45, 7) is 1.10. The van der Waals surface area contributed by atoms with Crippen LogP contribution < -0.4 is 5.32 Å². The zero-order valence-electron chi connectivity index (χ0n) is 14.0. The first kappa shape index (κ1) is 15.9. The van der Waals surface area contributed by atoms with E-state index in [-0.39, 0.29) is 17.9 Å². The van der Waals surface area contributed by atoms with E-state index in [0.29, 0.717) is 25.2 Å². The average Bonchev–Trinajstić information content (AvgIpc) is 3.19. The summed E-state index contributed by atoms with van der Waals surface area (Å²) in [5, 5.41) is 6.91. The number of amides is 2. The summed E-state index contributed by atoms with van der Waals surface area (Å²) >= 11 is 0. The van der Waals surface area contributed by atoms with Gasteiger partial charge >= 0.3 is 0 Å². The Morgan fingerprint density at radius 1 is 1.24 bits per heavy atom. The van der Waals surface area contributed by atoms with Crippen molar-refractivity contribution in [1.29, 1.82) is 0 Å². The van der Waals surface area contributed by atoms with Crippen molar-refractivity contribution in [2.24, 2.45) is 0 Å². The maximum Gasteiger partial charge on any atom is 0.274 e. The van der Waals surface area contributed by atoms with Crippen LogP contribution in [0.25, 0.3) is 0 Å². The van der Waals surface area contributed by atoms with Crippen molar-refractivity contribution in [2.75, 3.05) is 6.54 Å². The van der Waals surface area contributed by atoms with Gasteiger partial charge in [0.15, 0.2) is 5.69 Å². The van der Waals surface area contributed by atoms with Gasteiger partial charge in [0.05, 0.1) is 6.04 Å². The molecule has 2 aromatic rings. The first-order valence-corrected chi connectivity index (χ1v) is 8.80. The molecule has 25 heavy (non-hydrogen) atoms. The molecular weight excluding hydrogens is 318 g/mol. The predicted molar refractivity (Wildman–Crippen MR) is 90.9 cm³/mol. The van der Waals surface area contributed by atoms with E-state index in [1.165, 1.54) is 0 Å². The van der Waals surface area contributed by atoms with Crippen LogP contribution in [0.4, 0.5) is 0 Å². The highest BCUT2D eigenvalue weighted by Crippen LogP contribution is 2.24. The molecule has 2 heterocycles. The van der Waals surface area contributed by atoms with E-state index in [4.69, 9.17) is 4.52 Å². The predicted octanol–water partition coefficient (Wildman–Crippen LogP) is 2.08. The molecule has 1 fully saturated rings. The van der Waals surface area contributed by atoms with E-state index in [2.05, 4.69) is 10.5 Å². The molecule has 6 nitrogen and oxygen atoms in total. The fourth-order valence-electron chi connectivity index (χ4n) is 3.64. The number of hydrogen-bond acceptors (Lipinski definition) is 4. The minimum Gasteiger partial charge on any atom is -0.360 e. The topological polar surface area (TPSA) is 75.4 Å². The molecular formula is C19H21N3O3. The van der Waals surface area contributed by atoms with Crippen molar-refractivity contribution in [2.45, 2.75) is 44.7 Å². The summed E-state index contributed by atoms with van der Waals surface area (Å²) in [6, 6.07) is 9.70. The summed E-state index contributed by atoms with van der Waals surface area (Å²) in [4.78, 5) is 26.6. The summed E-state index contributed by atoms with van der Waals surface area (Å²) in [7, 11) is 0. The molecule has 0 saturated carbocycles. The van der Waals surface area contributed by atoms with E-state index in [1.807, 2.05) is 30.3 Å². The van der Waals surface area contributed by atoms with E-state index in [0.717, 1.165) is 42.6 Å². The second kappa shape index (κ2) is 6.70. The van der Waals surface area contributed by atoms with E-state index < -0.39 is 0 Å². The molecule has 6 heteroatoms. The summed E-state index contributed by atoms with van der Waals surface area (Å²) in [5.41, 5.74) is 2.42. The number of nitrogens with zero attached hydrogens (tertiary/aromatic N) is 2. The van der Waals surface area contributed by atoms with Gasteiger partial charge in [0.2, 0.25) is 5.91 Å². The number of nitrogens with one attached hydrogen (secondary N) is 1. The second-order valence-corrected chi connectivity index (χ2v) is 6.77. The van der Waals surface area contributed by atoms with Crippen LogP contribution in [0.15, 0.2) is 34.9 Å². The number of benzene rings is 1. The summed E-state index contributed by atoms with van der Waals surface area (Å²) in [5.74, 6) is 0.673. The van der Waals surface area contributed by atoms with Crippen LogP contribution >= 0.6 is 0 Å². The van der Waals surface area contributed by atoms with Crippen LogP contribution in [0.2, 0.25) is 0 Å². The molecule has 4 rings (SSSR count). The molecule has 2 amide bonds. The van der Waals surface area contributed by atoms with E-state index >= 15 is 0 Å². The number of aryl methyl sites for hydroxylation is 1. The minimum atomic E-state index is -0.230. The maximum atomic E-state index is 12.5. The van der Waals surface area contributed by atoms with Crippen molar-refractivity contribution < 1.29 is 14.1 Å². The Hall–Kier alpha value is -2.63. The SMILES string of the molecule is O=C(N[C@@H]1CC(=O)N(Cc2ccccc2)C1)c1noc2c1CCCC2. The molecule has 1 N–H and O–H groups in total. The molecule has 1 aromatic heterocycles. The Labute approximate surface area is 146 Å². The molecule has 1 aromatic carbocycles. The third-order valence-corrected chi connectivity index (χ3v) is 4.93. The van der Waals surface area contributed by atoms with Crippen LogP contribution in [0.1, 0.15) is 46.6 Å². The summed E-state index contributed by atoms with van der Waals surface area (Å²) in [6.07, 6.45) is 4.16. The Morgan fingerprint density at radius 2 is 2.04 bits per heavy atom. The van der Waals surface area contributed by atoms with E-state index in [1.54, 1.807) is 4.90 Å². The third-order valence-electron chi connectivity index (χ3n) is 4.93. The lowest BCUT2D eigenvalue weighted by Gasteiger charge is -2.17. The Morgan fingerprint density at radius 3 is 2.88 bits per heavy atom. The lowest BCUT2D eigenvalue weighted by atomic mass is 9.96. The van der Waals surface area contributed by atoms with Gasteiger partial charge in [-0.1, -0.05) is 35.5 Å². The molecule has 0 spiro atoms. The van der Waals surface area contributed by atoms with Gasteiger partial charge in [0.25, 0.3) is 5.91 Å². The standard InChI is InChI=1S/C19H21N3O3/c23-17-10-14(12-22(17)11-13-6-2-1-3-7-13)20-19(24)18-15-8-4-5-9-16(15)25-21-18/h1-3,6-7,14H,4-5,8-12H2,(H,20,24)/t14-/m1/s1. The van der Waals surface area contributed by atoms with Crippen molar-refractivity contribution in [3.63, 3.8) is 0 Å². The number of hydrogen-bond donors (Lipinski definition) is 1. The minimum absolute atomic E-state index is 0.0661. The van der Waals surface area contributed by atoms with Crippen molar-refractivity contribution in [1.82, 2.24) is 15.4 Å². The molecule has 0 radical (unpaired) electrons. The number of rotatable bonds is 4. The highest BCUT2D eigenvalue weighted by atomic mass is 16.5. The van der Waals surface area contributed by atoms with Crippen molar-refractivity contribution >= 4 is 11.8 Å². The highest BCUT2D eigenvalue weighted by Gasteiger charge is 2.32. The van der Waals surface area contributed by atoms with Crippen LogP contribution in [0.3, 0.4) is 0 Å². The van der Waals surface area contributed by atoms with Crippen LogP contribution in [0.5, 0.6) is 0 Å². The number of aromatic nitrogens is 1. The zero-order valence-corrected chi connectivity index (χ0v) is 14.0. The zero-order chi connectivity index (χ0) is 17.2. The highest BCUT2D eigenvalue weighted by molar-refractivity contribution is 5.94. The normalized spacial score (nSPS) is 19.8. The van der Waals surface area contributed by atoms with Crippen LogP contribution in [-0.2, 0) is 24.2 Å². The number of carbonyl (C=O) groups is 2. The van der Waals surface area contributed by atoms with Gasteiger partial charge in [0, 0.05) is 31.5 Å². The number of carbonyl (C=O) groups excluding carboxylic acids is 2. The fourth-order valence-corrected chi connectivity index (χ4v) is 3.64. The Balaban J connectivity index is 1.39. The summed E-state index contributed by atoms with van der Waals surface area (Å²) < 4.78 is 5.31. The van der Waals surface area contributed by atoms with Crippen LogP contribution in [-0.4, -0.2) is 34.5 Å². The average molecular weight is 339 g/mol. The quantitative estimate of drug-likeness (QED) is 0.925. The lowest BCUT2D eigenvalue weighted by Crippen LogP contribution is -2.37. The maximum absolute atomic E-state index is 12.5. The molecule has 2 aliphatic rings. The smallest absolute Gasteiger partial charge is 0.274 e. The third kappa shape index (κ3) is 3.29. The van der Waals surface area contributed by atoms with E-state index in [9.17, 15) is 9.59 Å². The van der Waals surface area contributed by atoms with Gasteiger partial charge in [-0.15, -0.1) is 0 Å². The first-order valence-electron chi connectivity index (χ1n) is 8.80. The molecule has 1 aliphatic heterocycles. The fraction of sp³-hybridized carbons (Fsp3) is 0.421. The van der Waals surface area contributed by atoms with Gasteiger partial charge in [-0.3, -0.25) is 9.59 Å². The molecule has 130 valence electrons. The van der Waals surface area contributed by atoms with Gasteiger partial charge in [-0.05, 0) is 24.8 Å². The Kier molecular flexibility index (Phi) is 4.26. The van der Waals surface area contributed by atoms with Crippen molar-refractivity contribution in [3.05, 3.63) is 52.9 Å². The molecule has 1 atom stereocenters. The lowest BCUT2D eigenvalue weighted by molar-refractivity contribution is -0.128.